The Bertz CT molecular complexity index is 697. The fourth-order valence-corrected chi connectivity index (χ4v) is 3.13. The number of para-hydroxylation sites is 1. The number of nitrogens with zero attached hydrogens (tertiary/aromatic N) is 2. The predicted octanol–water partition coefficient (Wildman–Crippen LogP) is 0.0194. The van der Waals surface area contributed by atoms with Crippen molar-refractivity contribution in [3.63, 3.8) is 0 Å². The van der Waals surface area contributed by atoms with Crippen molar-refractivity contribution in [2.24, 2.45) is 0 Å². The monoisotopic (exact) mass is 345 g/mol. The van der Waals surface area contributed by atoms with E-state index in [-0.39, 0.29) is 12.4 Å². The van der Waals surface area contributed by atoms with Gasteiger partial charge in [0.15, 0.2) is 0 Å². The average Bonchev–Trinajstić information content (AvgIpc) is 2.56. The van der Waals surface area contributed by atoms with E-state index in [0.29, 0.717) is 5.56 Å². The predicted molar refractivity (Wildman–Crippen MR) is 92.1 cm³/mol. The number of rotatable bonds is 4. The third kappa shape index (κ3) is 4.28. The molecule has 1 aliphatic rings. The van der Waals surface area contributed by atoms with E-state index in [9.17, 15) is 4.79 Å². The van der Waals surface area contributed by atoms with E-state index >= 15 is 0 Å². The molecule has 3 rings (SSSR count). The number of aromatic carboxylic acids is 1. The highest BCUT2D eigenvalue weighted by molar-refractivity contribution is 5.87. The van der Waals surface area contributed by atoms with Crippen LogP contribution in [0.3, 0.4) is 0 Å². The number of halogens is 1. The Kier molecular flexibility index (Phi) is 6.23. The van der Waals surface area contributed by atoms with E-state index in [1.165, 1.54) is 11.3 Å². The molecular weight excluding hydrogens is 324 g/mol. The third-order valence-electron chi connectivity index (χ3n) is 4.41. The van der Waals surface area contributed by atoms with Crippen LogP contribution in [0.5, 0.6) is 0 Å². The average molecular weight is 346 g/mol. The van der Waals surface area contributed by atoms with Crippen LogP contribution in [0.2, 0.25) is 0 Å². The maximum absolute atomic E-state index is 11.1. The molecule has 1 aliphatic heterocycles. The highest BCUT2D eigenvalue weighted by atomic mass is 35.5. The number of piperazine rings is 1. The van der Waals surface area contributed by atoms with E-state index in [2.05, 4.69) is 41.0 Å². The lowest BCUT2D eigenvalue weighted by molar-refractivity contribution is -0.0000201. The number of carboxylic acid groups (broad SMARTS) is 1. The quantitative estimate of drug-likeness (QED) is 0.848. The summed E-state index contributed by atoms with van der Waals surface area (Å²) in [6, 6.07) is 15.7. The van der Waals surface area contributed by atoms with Gasteiger partial charge in [0, 0.05) is 38.4 Å². The zero-order valence-corrected chi connectivity index (χ0v) is 14.5. The first-order chi connectivity index (χ1) is 11.1. The first-order valence-electron chi connectivity index (χ1n) is 7.98. The molecule has 1 N–H and O–H groups in total. The van der Waals surface area contributed by atoms with Crippen LogP contribution in [0.25, 0.3) is 0 Å². The first-order valence-corrected chi connectivity index (χ1v) is 7.98. The van der Waals surface area contributed by atoms with Crippen molar-refractivity contribution in [2.75, 3.05) is 31.1 Å². The van der Waals surface area contributed by atoms with Gasteiger partial charge in [-0.15, -0.1) is 0 Å². The largest absolute Gasteiger partial charge is 1.00 e. The molecule has 0 spiro atoms. The summed E-state index contributed by atoms with van der Waals surface area (Å²) < 4.78 is 0. The summed E-state index contributed by atoms with van der Waals surface area (Å²) in [5, 5.41) is 9.08. The van der Waals surface area contributed by atoms with Crippen LogP contribution in [0.1, 0.15) is 21.5 Å². The molecule has 0 aliphatic carbocycles. The molecule has 2 aromatic carbocycles. The van der Waals surface area contributed by atoms with Crippen LogP contribution >= 0.6 is 0 Å². The van der Waals surface area contributed by atoms with Gasteiger partial charge in [-0.3, -0.25) is 4.90 Å². The van der Waals surface area contributed by atoms with Crippen molar-refractivity contribution in [3.8, 4) is 0 Å². The maximum Gasteiger partial charge on any atom is 0.335 e. The van der Waals surface area contributed by atoms with E-state index in [0.717, 1.165) is 38.3 Å². The van der Waals surface area contributed by atoms with Crippen molar-refractivity contribution >= 4 is 11.7 Å². The van der Waals surface area contributed by atoms with Crippen molar-refractivity contribution in [1.29, 1.82) is 0 Å². The number of carboxylic acids is 1. The normalized spacial score (nSPS) is 15.0. The van der Waals surface area contributed by atoms with Gasteiger partial charge in [-0.1, -0.05) is 30.3 Å². The van der Waals surface area contributed by atoms with Gasteiger partial charge in [0.25, 0.3) is 0 Å². The number of aryl methyl sites for hydroxylation is 1. The number of hydrogen-bond acceptors (Lipinski definition) is 3. The van der Waals surface area contributed by atoms with Crippen molar-refractivity contribution in [2.45, 2.75) is 13.5 Å². The second-order valence-electron chi connectivity index (χ2n) is 6.06. The highest BCUT2D eigenvalue weighted by Gasteiger charge is 2.18. The zero-order valence-electron chi connectivity index (χ0n) is 13.8. The molecule has 1 fully saturated rings. The van der Waals surface area contributed by atoms with Gasteiger partial charge in [-0.2, -0.15) is 0 Å². The van der Waals surface area contributed by atoms with Gasteiger partial charge in [-0.25, -0.2) is 4.79 Å². The summed E-state index contributed by atoms with van der Waals surface area (Å²) in [5.41, 5.74) is 4.06. The smallest absolute Gasteiger partial charge is 0.335 e. The SMILES string of the molecule is Cc1ccccc1N1CCN(Cc2cccc(C(=O)O)c2)CC1.[Cl-]. The first kappa shape index (κ1) is 18.3. The van der Waals surface area contributed by atoms with Crippen LogP contribution < -0.4 is 17.3 Å². The number of anilines is 1. The van der Waals surface area contributed by atoms with Gasteiger partial charge in [-0.05, 0) is 36.2 Å². The second-order valence-corrected chi connectivity index (χ2v) is 6.06. The van der Waals surface area contributed by atoms with Crippen molar-refractivity contribution < 1.29 is 22.3 Å². The molecule has 0 aromatic heterocycles. The summed E-state index contributed by atoms with van der Waals surface area (Å²) in [5.74, 6) is -0.865. The Labute approximate surface area is 149 Å². The molecule has 0 atom stereocenters. The Morgan fingerprint density at radius 2 is 1.75 bits per heavy atom. The lowest BCUT2D eigenvalue weighted by Crippen LogP contribution is -3.00. The molecule has 0 unspecified atom stereocenters. The molecule has 2 aromatic rings. The van der Waals surface area contributed by atoms with Crippen LogP contribution in [-0.4, -0.2) is 42.2 Å². The molecule has 1 saturated heterocycles. The van der Waals surface area contributed by atoms with Crippen molar-refractivity contribution in [3.05, 3.63) is 65.2 Å². The zero-order chi connectivity index (χ0) is 16.2. The molecule has 0 amide bonds. The molecular formula is C19H22ClN2O2-. The Morgan fingerprint density at radius 3 is 2.42 bits per heavy atom. The van der Waals surface area contributed by atoms with Gasteiger partial charge in [0.1, 0.15) is 0 Å². The molecule has 128 valence electrons. The Balaban J connectivity index is 0.00000208. The third-order valence-corrected chi connectivity index (χ3v) is 4.41. The van der Waals surface area contributed by atoms with Crippen LogP contribution in [0.4, 0.5) is 5.69 Å². The fourth-order valence-electron chi connectivity index (χ4n) is 3.13. The van der Waals surface area contributed by atoms with Crippen LogP contribution in [0.15, 0.2) is 48.5 Å². The van der Waals surface area contributed by atoms with E-state index in [4.69, 9.17) is 5.11 Å². The summed E-state index contributed by atoms with van der Waals surface area (Å²) in [7, 11) is 0. The van der Waals surface area contributed by atoms with Gasteiger partial charge >= 0.3 is 5.97 Å². The second kappa shape index (κ2) is 8.18. The van der Waals surface area contributed by atoms with E-state index < -0.39 is 5.97 Å². The summed E-state index contributed by atoms with van der Waals surface area (Å²) in [4.78, 5) is 15.9. The highest BCUT2D eigenvalue weighted by Crippen LogP contribution is 2.21. The molecule has 0 radical (unpaired) electrons. The fraction of sp³-hybridized carbons (Fsp3) is 0.316. The van der Waals surface area contributed by atoms with Gasteiger partial charge in [0.05, 0.1) is 5.56 Å². The maximum atomic E-state index is 11.1. The van der Waals surface area contributed by atoms with Gasteiger partial charge in [0.2, 0.25) is 0 Å². The summed E-state index contributed by atoms with van der Waals surface area (Å²) in [6.45, 7) is 6.95. The van der Waals surface area contributed by atoms with Crippen LogP contribution in [-0.2, 0) is 6.54 Å². The molecule has 0 saturated carbocycles. The lowest BCUT2D eigenvalue weighted by Gasteiger charge is -2.36. The lowest BCUT2D eigenvalue weighted by atomic mass is 10.1. The van der Waals surface area contributed by atoms with E-state index in [1.54, 1.807) is 12.1 Å². The number of hydrogen-bond donors (Lipinski definition) is 1. The molecule has 0 bridgehead atoms. The minimum absolute atomic E-state index is 0. The standard InChI is InChI=1S/C19H22N2O2.ClH/c1-15-5-2-3-8-18(15)21-11-9-20(10-12-21)14-16-6-4-7-17(13-16)19(22)23;/h2-8,13H,9-12,14H2,1H3,(H,22,23);1H/p-1. The molecule has 4 nitrogen and oxygen atoms in total. The Hall–Kier alpha value is -2.04. The molecule has 24 heavy (non-hydrogen) atoms. The Morgan fingerprint density at radius 1 is 1.04 bits per heavy atom. The summed E-state index contributed by atoms with van der Waals surface area (Å²) in [6.07, 6.45) is 0. The van der Waals surface area contributed by atoms with Crippen molar-refractivity contribution in [1.82, 2.24) is 4.90 Å². The molecule has 5 heteroatoms. The molecule has 1 heterocycles. The topological polar surface area (TPSA) is 43.8 Å². The minimum atomic E-state index is -0.865. The van der Waals surface area contributed by atoms with E-state index in [1.807, 2.05) is 12.1 Å². The van der Waals surface area contributed by atoms with Gasteiger partial charge < -0.3 is 22.4 Å². The summed E-state index contributed by atoms with van der Waals surface area (Å²) >= 11 is 0. The van der Waals surface area contributed by atoms with Crippen LogP contribution in [0, 0.1) is 6.92 Å². The minimum Gasteiger partial charge on any atom is -1.00 e. The number of benzene rings is 2. The number of carbonyl (C=O) groups is 1.